The van der Waals surface area contributed by atoms with E-state index in [-0.39, 0.29) is 5.69 Å². The SMILES string of the molecule is N#Cc1noc(-c2cccc(Br)c2)c1Br. The fraction of sp³-hybridized carbons (Fsp3) is 0. The Morgan fingerprint density at radius 3 is 2.73 bits per heavy atom. The molecule has 1 heterocycles. The maximum atomic E-state index is 8.72. The molecule has 2 rings (SSSR count). The molecule has 74 valence electrons. The molecule has 1 aromatic heterocycles. The first kappa shape index (κ1) is 10.4. The topological polar surface area (TPSA) is 49.8 Å². The minimum absolute atomic E-state index is 0.255. The van der Waals surface area contributed by atoms with Gasteiger partial charge in [-0.25, -0.2) is 0 Å². The molecule has 0 N–H and O–H groups in total. The second-order valence-corrected chi connectivity index (χ2v) is 4.51. The van der Waals surface area contributed by atoms with Gasteiger partial charge in [0.1, 0.15) is 10.5 Å². The zero-order chi connectivity index (χ0) is 10.8. The van der Waals surface area contributed by atoms with Crippen molar-refractivity contribution in [1.29, 1.82) is 5.26 Å². The molecule has 0 saturated carbocycles. The van der Waals surface area contributed by atoms with Crippen molar-refractivity contribution < 1.29 is 4.52 Å². The van der Waals surface area contributed by atoms with Crippen LogP contribution in [0.15, 0.2) is 37.7 Å². The molecule has 0 fully saturated rings. The largest absolute Gasteiger partial charge is 0.354 e. The van der Waals surface area contributed by atoms with Gasteiger partial charge in [0.15, 0.2) is 11.5 Å². The van der Waals surface area contributed by atoms with E-state index in [4.69, 9.17) is 9.78 Å². The minimum atomic E-state index is 0.255. The number of rotatable bonds is 1. The molecule has 0 spiro atoms. The van der Waals surface area contributed by atoms with Crippen molar-refractivity contribution >= 4 is 31.9 Å². The summed E-state index contributed by atoms with van der Waals surface area (Å²) >= 11 is 6.64. The number of aromatic nitrogens is 1. The van der Waals surface area contributed by atoms with Crippen LogP contribution in [0.5, 0.6) is 0 Å². The predicted molar refractivity (Wildman–Crippen MR) is 62.1 cm³/mol. The van der Waals surface area contributed by atoms with Crippen LogP contribution >= 0.6 is 31.9 Å². The fourth-order valence-corrected chi connectivity index (χ4v) is 2.02. The summed E-state index contributed by atoms with van der Waals surface area (Å²) in [5.41, 5.74) is 1.12. The normalized spacial score (nSPS) is 9.93. The molecule has 0 aliphatic rings. The van der Waals surface area contributed by atoms with Crippen LogP contribution in [0.2, 0.25) is 0 Å². The van der Waals surface area contributed by atoms with Crippen molar-refractivity contribution in [2.24, 2.45) is 0 Å². The van der Waals surface area contributed by atoms with Gasteiger partial charge in [-0.15, -0.1) is 0 Å². The molecule has 2 aromatic rings. The molecule has 3 nitrogen and oxygen atoms in total. The molecule has 0 amide bonds. The average molecular weight is 328 g/mol. The Kier molecular flexibility index (Phi) is 2.89. The molecular weight excluding hydrogens is 324 g/mol. The first-order valence-corrected chi connectivity index (χ1v) is 5.62. The van der Waals surface area contributed by atoms with E-state index in [9.17, 15) is 0 Å². The van der Waals surface area contributed by atoms with Gasteiger partial charge < -0.3 is 4.52 Å². The third kappa shape index (κ3) is 1.96. The molecule has 0 atom stereocenters. The molecule has 0 radical (unpaired) electrons. The first-order chi connectivity index (χ1) is 7.22. The van der Waals surface area contributed by atoms with Gasteiger partial charge in [-0.05, 0) is 28.1 Å². The van der Waals surface area contributed by atoms with Gasteiger partial charge in [0.05, 0.1) is 0 Å². The minimum Gasteiger partial charge on any atom is -0.354 e. The van der Waals surface area contributed by atoms with Gasteiger partial charge in [-0.3, -0.25) is 0 Å². The van der Waals surface area contributed by atoms with E-state index < -0.39 is 0 Å². The van der Waals surface area contributed by atoms with E-state index in [2.05, 4.69) is 37.0 Å². The Bertz CT molecular complexity index is 543. The second-order valence-electron chi connectivity index (χ2n) is 2.80. The molecule has 15 heavy (non-hydrogen) atoms. The van der Waals surface area contributed by atoms with Crippen molar-refractivity contribution in [1.82, 2.24) is 5.16 Å². The van der Waals surface area contributed by atoms with Crippen LogP contribution < -0.4 is 0 Å². The number of halogens is 2. The van der Waals surface area contributed by atoms with Gasteiger partial charge in [0.25, 0.3) is 0 Å². The van der Waals surface area contributed by atoms with E-state index in [1.165, 1.54) is 0 Å². The Morgan fingerprint density at radius 1 is 1.33 bits per heavy atom. The second kappa shape index (κ2) is 4.17. The lowest BCUT2D eigenvalue weighted by atomic mass is 10.2. The monoisotopic (exact) mass is 326 g/mol. The van der Waals surface area contributed by atoms with E-state index >= 15 is 0 Å². The summed E-state index contributed by atoms with van der Waals surface area (Å²) < 4.78 is 6.62. The molecule has 0 unspecified atom stereocenters. The Hall–Kier alpha value is -1.12. The Balaban J connectivity index is 2.56. The highest BCUT2D eigenvalue weighted by Crippen LogP contribution is 2.31. The lowest BCUT2D eigenvalue weighted by Crippen LogP contribution is -1.76. The summed E-state index contributed by atoms with van der Waals surface area (Å²) in [5, 5.41) is 12.4. The molecule has 1 aromatic carbocycles. The molecule has 0 saturated heterocycles. The van der Waals surface area contributed by atoms with Gasteiger partial charge in [0, 0.05) is 10.0 Å². The summed E-state index contributed by atoms with van der Waals surface area (Å²) in [4.78, 5) is 0. The van der Waals surface area contributed by atoms with E-state index in [1.54, 1.807) is 0 Å². The fourth-order valence-electron chi connectivity index (χ4n) is 1.16. The number of benzene rings is 1. The van der Waals surface area contributed by atoms with Crippen molar-refractivity contribution in [2.75, 3.05) is 0 Å². The van der Waals surface area contributed by atoms with Crippen LogP contribution in [0.1, 0.15) is 5.69 Å². The van der Waals surface area contributed by atoms with Gasteiger partial charge in [-0.2, -0.15) is 5.26 Å². The summed E-state index contributed by atoms with van der Waals surface area (Å²) in [6.45, 7) is 0. The summed E-state index contributed by atoms with van der Waals surface area (Å²) in [5.74, 6) is 0.563. The number of hydrogen-bond acceptors (Lipinski definition) is 3. The van der Waals surface area contributed by atoms with E-state index in [1.807, 2.05) is 30.3 Å². The quantitative estimate of drug-likeness (QED) is 0.801. The van der Waals surface area contributed by atoms with Crippen molar-refractivity contribution in [2.45, 2.75) is 0 Å². The highest BCUT2D eigenvalue weighted by Gasteiger charge is 2.14. The van der Waals surface area contributed by atoms with E-state index in [0.717, 1.165) is 10.0 Å². The zero-order valence-electron chi connectivity index (χ0n) is 7.37. The van der Waals surface area contributed by atoms with Crippen LogP contribution in [0.25, 0.3) is 11.3 Å². The lowest BCUT2D eigenvalue weighted by Gasteiger charge is -1.96. The molecular formula is C10H4Br2N2O. The summed E-state index contributed by atoms with van der Waals surface area (Å²) in [6, 6.07) is 9.52. The predicted octanol–water partition coefficient (Wildman–Crippen LogP) is 3.74. The van der Waals surface area contributed by atoms with Crippen LogP contribution in [0.4, 0.5) is 0 Å². The van der Waals surface area contributed by atoms with Gasteiger partial charge in [0.2, 0.25) is 0 Å². The smallest absolute Gasteiger partial charge is 0.198 e. The van der Waals surface area contributed by atoms with Crippen LogP contribution in [-0.4, -0.2) is 5.16 Å². The highest BCUT2D eigenvalue weighted by atomic mass is 79.9. The van der Waals surface area contributed by atoms with Crippen LogP contribution in [0.3, 0.4) is 0 Å². The van der Waals surface area contributed by atoms with Crippen molar-refractivity contribution in [3.8, 4) is 17.4 Å². The molecule has 5 heteroatoms. The number of hydrogen-bond donors (Lipinski definition) is 0. The zero-order valence-corrected chi connectivity index (χ0v) is 10.5. The number of nitrogens with zero attached hydrogens (tertiary/aromatic N) is 2. The van der Waals surface area contributed by atoms with Gasteiger partial charge in [-0.1, -0.05) is 33.2 Å². The summed E-state index contributed by atoms with van der Waals surface area (Å²) in [6.07, 6.45) is 0. The third-order valence-electron chi connectivity index (χ3n) is 1.83. The maximum absolute atomic E-state index is 8.72. The molecule has 0 aliphatic carbocycles. The first-order valence-electron chi connectivity index (χ1n) is 4.03. The maximum Gasteiger partial charge on any atom is 0.198 e. The van der Waals surface area contributed by atoms with Crippen molar-refractivity contribution in [3.05, 3.63) is 38.9 Å². The number of nitriles is 1. The highest BCUT2D eigenvalue weighted by molar-refractivity contribution is 9.11. The Labute approximate surface area is 103 Å². The third-order valence-corrected chi connectivity index (χ3v) is 3.06. The van der Waals surface area contributed by atoms with Crippen LogP contribution in [0, 0.1) is 11.3 Å². The Morgan fingerprint density at radius 2 is 2.13 bits per heavy atom. The van der Waals surface area contributed by atoms with Crippen molar-refractivity contribution in [3.63, 3.8) is 0 Å². The molecule has 0 bridgehead atoms. The van der Waals surface area contributed by atoms with Crippen LogP contribution in [-0.2, 0) is 0 Å². The van der Waals surface area contributed by atoms with Gasteiger partial charge >= 0.3 is 0 Å². The average Bonchev–Trinajstić information content (AvgIpc) is 2.59. The lowest BCUT2D eigenvalue weighted by molar-refractivity contribution is 0.430. The standard InChI is InChI=1S/C10H4Br2N2O/c11-7-3-1-2-6(4-7)10-9(12)8(5-13)14-15-10/h1-4H. The summed E-state index contributed by atoms with van der Waals surface area (Å²) in [7, 11) is 0. The molecule has 0 aliphatic heterocycles. The van der Waals surface area contributed by atoms with E-state index in [0.29, 0.717) is 10.2 Å².